The molecule has 1 N–H and O–H groups in total. The van der Waals surface area contributed by atoms with Gasteiger partial charge in [0.15, 0.2) is 0 Å². The number of rotatable bonds is 3. The van der Waals surface area contributed by atoms with Crippen LogP contribution in [0.3, 0.4) is 0 Å². The van der Waals surface area contributed by atoms with Gasteiger partial charge in [-0.05, 0) is 32.0 Å². The Hall–Kier alpha value is -1.10. The Morgan fingerprint density at radius 1 is 1.04 bits per heavy atom. The summed E-state index contributed by atoms with van der Waals surface area (Å²) < 4.78 is 34.4. The Bertz CT molecular complexity index is 820. The van der Waals surface area contributed by atoms with E-state index in [-0.39, 0.29) is 31.3 Å². The van der Waals surface area contributed by atoms with Gasteiger partial charge in [-0.2, -0.15) is 17.0 Å². The van der Waals surface area contributed by atoms with Crippen LogP contribution in [0.25, 0.3) is 0 Å². The molecule has 2 atom stereocenters. The topological polar surface area (TPSA) is 82.2 Å². The van der Waals surface area contributed by atoms with Crippen LogP contribution in [0.15, 0.2) is 18.2 Å². The smallest absolute Gasteiger partial charge is 0.321 e. The highest BCUT2D eigenvalue weighted by atomic mass is 35.5. The summed E-state index contributed by atoms with van der Waals surface area (Å²) in [7, 11) is -3.57. The van der Waals surface area contributed by atoms with Gasteiger partial charge in [-0.1, -0.05) is 23.2 Å². The lowest BCUT2D eigenvalue weighted by molar-refractivity contribution is -0.0456. The highest BCUT2D eigenvalue weighted by molar-refractivity contribution is 7.86. The number of nitrogens with zero attached hydrogens (tertiary/aromatic N) is 3. The van der Waals surface area contributed by atoms with Crippen LogP contribution in [-0.4, -0.2) is 79.4 Å². The molecule has 0 bridgehead atoms. The number of anilines is 1. The van der Waals surface area contributed by atoms with Gasteiger partial charge < -0.3 is 15.0 Å². The van der Waals surface area contributed by atoms with Crippen molar-refractivity contribution in [1.29, 1.82) is 0 Å². The van der Waals surface area contributed by atoms with E-state index in [0.717, 1.165) is 0 Å². The molecular weight excluding hydrogens is 427 g/mol. The lowest BCUT2D eigenvalue weighted by Crippen LogP contribution is -2.58. The number of nitrogens with one attached hydrogen (secondary N) is 1. The van der Waals surface area contributed by atoms with Crippen molar-refractivity contribution in [2.45, 2.75) is 26.1 Å². The first-order valence-corrected chi connectivity index (χ1v) is 11.2. The average Bonchev–Trinajstić information content (AvgIpc) is 2.64. The molecule has 0 radical (unpaired) electrons. The summed E-state index contributed by atoms with van der Waals surface area (Å²) in [5.74, 6) is 0. The van der Waals surface area contributed by atoms with E-state index in [4.69, 9.17) is 27.9 Å². The molecule has 0 aromatic heterocycles. The van der Waals surface area contributed by atoms with Crippen LogP contribution in [0.4, 0.5) is 10.5 Å². The fraction of sp³-hybridized carbons (Fsp3) is 0.588. The molecule has 156 valence electrons. The second kappa shape index (κ2) is 8.73. The summed E-state index contributed by atoms with van der Waals surface area (Å²) in [5, 5.41) is 3.52. The molecule has 1 aromatic carbocycles. The molecule has 3 rings (SSSR count). The summed E-state index contributed by atoms with van der Waals surface area (Å²) >= 11 is 11.8. The van der Waals surface area contributed by atoms with E-state index in [9.17, 15) is 13.2 Å². The lowest BCUT2D eigenvalue weighted by Gasteiger charge is -2.40. The highest BCUT2D eigenvalue weighted by Crippen LogP contribution is 2.25. The second-order valence-electron chi connectivity index (χ2n) is 7.03. The first-order valence-electron chi connectivity index (χ1n) is 9.08. The van der Waals surface area contributed by atoms with Crippen LogP contribution in [0.5, 0.6) is 0 Å². The van der Waals surface area contributed by atoms with Gasteiger partial charge in [-0.25, -0.2) is 4.79 Å². The predicted molar refractivity (Wildman–Crippen MR) is 109 cm³/mol. The van der Waals surface area contributed by atoms with Gasteiger partial charge in [-0.15, -0.1) is 0 Å². The molecule has 2 amide bonds. The summed E-state index contributed by atoms with van der Waals surface area (Å²) in [6, 6.07) is 4.54. The zero-order valence-electron chi connectivity index (χ0n) is 15.8. The molecule has 28 heavy (non-hydrogen) atoms. The molecule has 8 nitrogen and oxygen atoms in total. The third kappa shape index (κ3) is 4.90. The monoisotopic (exact) mass is 450 g/mol. The first-order chi connectivity index (χ1) is 13.2. The second-order valence-corrected chi connectivity index (χ2v) is 9.77. The number of amides is 2. The number of carbonyl (C=O) groups is 1. The van der Waals surface area contributed by atoms with E-state index in [1.54, 1.807) is 23.1 Å². The van der Waals surface area contributed by atoms with Gasteiger partial charge in [0.05, 0.1) is 22.3 Å². The molecule has 1 aromatic rings. The minimum atomic E-state index is -3.57. The van der Waals surface area contributed by atoms with E-state index in [2.05, 4.69) is 5.32 Å². The SMILES string of the molecule is C[C@@H]1CN(S(=O)(=O)N2CCN(C(=O)Nc3ccc(Cl)c(Cl)c3)CC2)C[C@H](C)O1. The van der Waals surface area contributed by atoms with Crippen molar-refractivity contribution in [2.24, 2.45) is 0 Å². The first kappa shape index (κ1) is 21.6. The van der Waals surface area contributed by atoms with Gasteiger partial charge in [-0.3, -0.25) is 0 Å². The number of morpholine rings is 1. The third-order valence-electron chi connectivity index (χ3n) is 4.74. The number of ether oxygens (including phenoxy) is 1. The molecule has 2 fully saturated rings. The quantitative estimate of drug-likeness (QED) is 0.766. The Kier molecular flexibility index (Phi) is 6.73. The minimum absolute atomic E-state index is 0.142. The molecule has 11 heteroatoms. The molecule has 0 saturated carbocycles. The van der Waals surface area contributed by atoms with Crippen LogP contribution >= 0.6 is 23.2 Å². The van der Waals surface area contributed by atoms with Crippen molar-refractivity contribution in [3.63, 3.8) is 0 Å². The van der Waals surface area contributed by atoms with E-state index in [1.807, 2.05) is 13.8 Å². The maximum atomic E-state index is 12.9. The van der Waals surface area contributed by atoms with Crippen LogP contribution in [0.1, 0.15) is 13.8 Å². The van der Waals surface area contributed by atoms with Crippen molar-refractivity contribution in [2.75, 3.05) is 44.6 Å². The molecule has 2 aliphatic heterocycles. The van der Waals surface area contributed by atoms with Gasteiger partial charge in [0.2, 0.25) is 0 Å². The van der Waals surface area contributed by atoms with Crippen LogP contribution in [0.2, 0.25) is 10.0 Å². The Labute approximate surface area is 175 Å². The number of benzene rings is 1. The van der Waals surface area contributed by atoms with Gasteiger partial charge >= 0.3 is 6.03 Å². The van der Waals surface area contributed by atoms with Crippen molar-refractivity contribution < 1.29 is 17.9 Å². The number of carbonyl (C=O) groups excluding carboxylic acids is 1. The van der Waals surface area contributed by atoms with Crippen LogP contribution in [-0.2, 0) is 14.9 Å². The molecule has 2 saturated heterocycles. The molecule has 2 heterocycles. The van der Waals surface area contributed by atoms with Crippen LogP contribution < -0.4 is 5.32 Å². The minimum Gasteiger partial charge on any atom is -0.373 e. The normalized spacial score (nSPS) is 24.9. The zero-order chi connectivity index (χ0) is 20.5. The van der Waals surface area contributed by atoms with E-state index in [0.29, 0.717) is 41.9 Å². The molecule has 2 aliphatic rings. The van der Waals surface area contributed by atoms with E-state index >= 15 is 0 Å². The summed E-state index contributed by atoms with van der Waals surface area (Å²) in [4.78, 5) is 14.0. The van der Waals surface area contributed by atoms with Gasteiger partial charge in [0, 0.05) is 45.0 Å². The number of halogens is 2. The maximum Gasteiger partial charge on any atom is 0.321 e. The van der Waals surface area contributed by atoms with Gasteiger partial charge in [0.25, 0.3) is 10.2 Å². The Morgan fingerprint density at radius 3 is 2.21 bits per heavy atom. The zero-order valence-corrected chi connectivity index (χ0v) is 18.1. The standard InChI is InChI=1S/C17H24Cl2N4O4S/c1-12-10-23(11-13(2)27-12)28(25,26)22-7-5-21(6-8-22)17(24)20-14-3-4-15(18)16(19)9-14/h3-4,9,12-13H,5-8,10-11H2,1-2H3,(H,20,24)/t12-,13+. The number of piperazine rings is 1. The largest absolute Gasteiger partial charge is 0.373 e. The maximum absolute atomic E-state index is 12.9. The molecule has 0 spiro atoms. The summed E-state index contributed by atoms with van der Waals surface area (Å²) in [5.41, 5.74) is 0.533. The number of hydrogen-bond donors (Lipinski definition) is 1. The number of hydrogen-bond acceptors (Lipinski definition) is 4. The van der Waals surface area contributed by atoms with E-state index in [1.165, 1.54) is 8.61 Å². The number of urea groups is 1. The summed E-state index contributed by atoms with van der Waals surface area (Å²) in [6.07, 6.45) is -0.284. The third-order valence-corrected chi connectivity index (χ3v) is 7.44. The van der Waals surface area contributed by atoms with Crippen molar-refractivity contribution in [1.82, 2.24) is 13.5 Å². The molecule has 0 unspecified atom stereocenters. The fourth-order valence-electron chi connectivity index (χ4n) is 3.38. The van der Waals surface area contributed by atoms with Crippen molar-refractivity contribution >= 4 is 45.1 Å². The molecule has 0 aliphatic carbocycles. The van der Waals surface area contributed by atoms with Crippen molar-refractivity contribution in [3.05, 3.63) is 28.2 Å². The van der Waals surface area contributed by atoms with Crippen LogP contribution in [0, 0.1) is 0 Å². The fourth-order valence-corrected chi connectivity index (χ4v) is 5.43. The van der Waals surface area contributed by atoms with E-state index < -0.39 is 10.2 Å². The predicted octanol–water partition coefficient (Wildman–Crippen LogP) is 2.50. The highest BCUT2D eigenvalue weighted by Gasteiger charge is 2.37. The van der Waals surface area contributed by atoms with Crippen molar-refractivity contribution in [3.8, 4) is 0 Å². The summed E-state index contributed by atoms with van der Waals surface area (Å²) in [6.45, 7) is 5.51. The molecular formula is C17H24Cl2N4O4S. The lowest BCUT2D eigenvalue weighted by atomic mass is 10.3. The average molecular weight is 451 g/mol. The Balaban J connectivity index is 1.57. The van der Waals surface area contributed by atoms with Gasteiger partial charge in [0.1, 0.15) is 0 Å². The Morgan fingerprint density at radius 2 is 1.64 bits per heavy atom.